The van der Waals surface area contributed by atoms with Crippen molar-refractivity contribution in [1.29, 1.82) is 0 Å². The van der Waals surface area contributed by atoms with Gasteiger partial charge in [0, 0.05) is 0 Å². The first-order valence-electron chi connectivity index (χ1n) is 3.42. The maximum absolute atomic E-state index is 4.79. The van der Waals surface area contributed by atoms with Gasteiger partial charge >= 0.3 is 0 Å². The number of hydrogen-bond donors (Lipinski definition) is 0. The number of ether oxygens (including phenoxy) is 1. The average Bonchev–Trinajstić information content (AvgIpc) is 2.71. The molecule has 13 heavy (non-hydrogen) atoms. The molecule has 0 aromatic carbocycles. The van der Waals surface area contributed by atoms with Crippen LogP contribution in [0.15, 0.2) is 17.0 Å². The van der Waals surface area contributed by atoms with Crippen LogP contribution in [0.4, 0.5) is 0 Å². The van der Waals surface area contributed by atoms with Crippen LogP contribution in [0.5, 0.6) is 5.88 Å². The van der Waals surface area contributed by atoms with Crippen LogP contribution in [0.1, 0.15) is 0 Å². The zero-order valence-corrected chi connectivity index (χ0v) is 6.71. The Kier molecular flexibility index (Phi) is 1.83. The summed E-state index contributed by atoms with van der Waals surface area (Å²) in [6.07, 6.45) is 2.85. The summed E-state index contributed by atoms with van der Waals surface area (Å²) < 4.78 is 9.18. The zero-order chi connectivity index (χ0) is 9.10. The van der Waals surface area contributed by atoms with Gasteiger partial charge in [-0.1, -0.05) is 5.16 Å². The van der Waals surface area contributed by atoms with E-state index in [1.54, 1.807) is 0 Å². The van der Waals surface area contributed by atoms with E-state index >= 15 is 0 Å². The molecule has 0 aliphatic heterocycles. The molecule has 0 aliphatic rings. The number of rotatable bonds is 2. The molecule has 0 aliphatic carbocycles. The van der Waals surface area contributed by atoms with Crippen molar-refractivity contribution < 1.29 is 9.37 Å². The van der Waals surface area contributed by atoms with Gasteiger partial charge < -0.3 is 4.74 Å². The molecule has 0 unspecified atom stereocenters. The summed E-state index contributed by atoms with van der Waals surface area (Å²) in [4.78, 5) is 3.93. The van der Waals surface area contributed by atoms with Crippen molar-refractivity contribution in [3.8, 4) is 17.4 Å². The molecular weight excluding hydrogens is 174 g/mol. The second kappa shape index (κ2) is 3.13. The molecule has 0 N–H and O–H groups in total. The molecule has 2 heterocycles. The van der Waals surface area contributed by atoms with Crippen molar-refractivity contribution in [2.45, 2.75) is 0 Å². The van der Waals surface area contributed by atoms with Crippen LogP contribution in [-0.4, -0.2) is 32.6 Å². The van der Waals surface area contributed by atoms with E-state index in [1.165, 1.54) is 19.5 Å². The number of aromatic nitrogens is 5. The highest BCUT2D eigenvalue weighted by Crippen LogP contribution is 2.09. The Morgan fingerprint density at radius 1 is 1.31 bits per heavy atom. The Balaban J connectivity index is 2.33. The quantitative estimate of drug-likeness (QED) is 0.637. The van der Waals surface area contributed by atoms with Crippen LogP contribution in [0, 0.1) is 0 Å². The van der Waals surface area contributed by atoms with Crippen molar-refractivity contribution in [1.82, 2.24) is 25.5 Å². The highest BCUT2D eigenvalue weighted by atomic mass is 16.6. The molecular formula is C6H5N5O2. The van der Waals surface area contributed by atoms with Gasteiger partial charge in [0.05, 0.1) is 13.3 Å². The van der Waals surface area contributed by atoms with Crippen LogP contribution in [0.25, 0.3) is 11.5 Å². The van der Waals surface area contributed by atoms with Gasteiger partial charge in [-0.05, 0) is 5.16 Å². The number of methoxy groups -OCH3 is 1. The largest absolute Gasteiger partial charge is 0.479 e. The van der Waals surface area contributed by atoms with Crippen molar-refractivity contribution >= 4 is 0 Å². The molecule has 0 saturated heterocycles. The zero-order valence-electron chi connectivity index (χ0n) is 6.71. The molecule has 7 nitrogen and oxygen atoms in total. The molecule has 66 valence electrons. The summed E-state index contributed by atoms with van der Waals surface area (Å²) in [5.41, 5.74) is 0.440. The molecule has 0 spiro atoms. The van der Waals surface area contributed by atoms with Crippen molar-refractivity contribution in [2.75, 3.05) is 7.11 Å². The topological polar surface area (TPSA) is 86.8 Å². The Morgan fingerprint density at radius 3 is 2.77 bits per heavy atom. The predicted molar refractivity (Wildman–Crippen MR) is 39.7 cm³/mol. The first-order chi connectivity index (χ1) is 6.40. The molecule has 2 aromatic rings. The first-order valence-corrected chi connectivity index (χ1v) is 3.42. The summed E-state index contributed by atoms with van der Waals surface area (Å²) in [6, 6.07) is 0. The van der Waals surface area contributed by atoms with Crippen LogP contribution >= 0.6 is 0 Å². The summed E-state index contributed by atoms with van der Waals surface area (Å²) in [5, 5.41) is 14.4. The average molecular weight is 179 g/mol. The standard InChI is InChI=1S/C6H5N5O2/c1-12-5-3-7-6(10-9-5)4-2-8-13-11-4/h2-3H,1H3. The van der Waals surface area contributed by atoms with E-state index < -0.39 is 0 Å². The minimum absolute atomic E-state index is 0.347. The van der Waals surface area contributed by atoms with E-state index in [1.807, 2.05) is 0 Å². The van der Waals surface area contributed by atoms with Crippen LogP contribution in [-0.2, 0) is 0 Å². The van der Waals surface area contributed by atoms with E-state index in [9.17, 15) is 0 Å². The van der Waals surface area contributed by atoms with Crippen molar-refractivity contribution in [3.63, 3.8) is 0 Å². The monoisotopic (exact) mass is 179 g/mol. The smallest absolute Gasteiger partial charge is 0.251 e. The molecule has 2 rings (SSSR count). The van der Waals surface area contributed by atoms with E-state index in [0.29, 0.717) is 17.4 Å². The minimum Gasteiger partial charge on any atom is -0.479 e. The van der Waals surface area contributed by atoms with Crippen LogP contribution in [0.3, 0.4) is 0 Å². The normalized spacial score (nSPS) is 9.92. The van der Waals surface area contributed by atoms with Crippen LogP contribution < -0.4 is 4.74 Å². The maximum atomic E-state index is 4.79. The van der Waals surface area contributed by atoms with E-state index in [2.05, 4.69) is 30.1 Å². The molecule has 0 atom stereocenters. The summed E-state index contributed by atoms with van der Waals surface area (Å²) in [7, 11) is 1.49. The lowest BCUT2D eigenvalue weighted by molar-refractivity contribution is 0.308. The van der Waals surface area contributed by atoms with Crippen molar-refractivity contribution in [2.24, 2.45) is 0 Å². The fourth-order valence-electron chi connectivity index (χ4n) is 0.739. The number of nitrogens with zero attached hydrogens (tertiary/aromatic N) is 5. The van der Waals surface area contributed by atoms with Gasteiger partial charge in [-0.2, -0.15) is 0 Å². The van der Waals surface area contributed by atoms with Gasteiger partial charge in [0.1, 0.15) is 6.20 Å². The maximum Gasteiger partial charge on any atom is 0.251 e. The second-order valence-corrected chi connectivity index (χ2v) is 2.12. The molecule has 0 bridgehead atoms. The first kappa shape index (κ1) is 7.59. The Bertz CT molecular complexity index is 370. The van der Waals surface area contributed by atoms with E-state index in [0.717, 1.165) is 0 Å². The molecule has 0 saturated carbocycles. The van der Waals surface area contributed by atoms with Gasteiger partial charge in [0.2, 0.25) is 5.82 Å². The lowest BCUT2D eigenvalue weighted by atomic mass is 10.4. The lowest BCUT2D eigenvalue weighted by Crippen LogP contribution is -1.95. The van der Waals surface area contributed by atoms with E-state index in [4.69, 9.17) is 4.74 Å². The Labute approximate surface area is 72.7 Å². The highest BCUT2D eigenvalue weighted by molar-refractivity contribution is 5.44. The Morgan fingerprint density at radius 2 is 2.23 bits per heavy atom. The molecule has 0 amide bonds. The lowest BCUT2D eigenvalue weighted by Gasteiger charge is -1.95. The SMILES string of the molecule is COc1cnc(-c2cnon2)nn1. The molecule has 0 fully saturated rings. The summed E-state index contributed by atoms with van der Waals surface area (Å²) in [5.74, 6) is 0.697. The number of hydrogen-bond acceptors (Lipinski definition) is 7. The summed E-state index contributed by atoms with van der Waals surface area (Å²) >= 11 is 0. The molecule has 7 heteroatoms. The van der Waals surface area contributed by atoms with Gasteiger partial charge in [0.25, 0.3) is 5.88 Å². The third kappa shape index (κ3) is 1.43. The van der Waals surface area contributed by atoms with Gasteiger partial charge in [-0.3, -0.25) is 0 Å². The summed E-state index contributed by atoms with van der Waals surface area (Å²) in [6.45, 7) is 0. The van der Waals surface area contributed by atoms with Crippen LogP contribution in [0.2, 0.25) is 0 Å². The van der Waals surface area contributed by atoms with Gasteiger partial charge in [0.15, 0.2) is 5.69 Å². The molecule has 2 aromatic heterocycles. The molecule has 0 radical (unpaired) electrons. The second-order valence-electron chi connectivity index (χ2n) is 2.12. The third-order valence-electron chi connectivity index (χ3n) is 1.34. The Hall–Kier alpha value is -2.05. The van der Waals surface area contributed by atoms with Crippen molar-refractivity contribution in [3.05, 3.63) is 12.4 Å². The van der Waals surface area contributed by atoms with E-state index in [-0.39, 0.29) is 0 Å². The minimum atomic E-state index is 0.347. The predicted octanol–water partition coefficient (Wildman–Crippen LogP) is -0.0698. The highest BCUT2D eigenvalue weighted by Gasteiger charge is 2.06. The van der Waals surface area contributed by atoms with Gasteiger partial charge in [-0.15, -0.1) is 10.2 Å². The fourth-order valence-corrected chi connectivity index (χ4v) is 0.739. The van der Waals surface area contributed by atoms with Gasteiger partial charge in [-0.25, -0.2) is 9.61 Å². The fraction of sp³-hybridized carbons (Fsp3) is 0.167. The third-order valence-corrected chi connectivity index (χ3v) is 1.34.